The smallest absolute Gasteiger partial charge is 0.253 e. The van der Waals surface area contributed by atoms with Crippen LogP contribution in [0.4, 0.5) is 0 Å². The fraction of sp³-hybridized carbons (Fsp3) is 0.500. The number of carbonyl (C=O) groups excluding carboxylic acids is 1. The van der Waals surface area contributed by atoms with Gasteiger partial charge in [-0.2, -0.15) is 0 Å². The molecule has 3 heteroatoms. The van der Waals surface area contributed by atoms with Gasteiger partial charge in [-0.3, -0.25) is 9.79 Å². The highest BCUT2D eigenvalue weighted by atomic mass is 16.1. The number of aliphatic imine (C=N–C) groups is 1. The van der Waals surface area contributed by atoms with Gasteiger partial charge in [-0.05, 0) is 6.92 Å². The molecule has 1 aliphatic rings. The molecule has 0 bridgehead atoms. The summed E-state index contributed by atoms with van der Waals surface area (Å²) in [5.41, 5.74) is 1.36. The Kier molecular flexibility index (Phi) is 11.5. The molecule has 0 atom stereocenters. The van der Waals surface area contributed by atoms with Crippen LogP contribution in [-0.4, -0.2) is 18.7 Å². The van der Waals surface area contributed by atoms with Crippen LogP contribution in [-0.2, 0) is 4.79 Å². The first kappa shape index (κ1) is 16.1. The predicted molar refractivity (Wildman–Crippen MR) is 67.1 cm³/mol. The van der Waals surface area contributed by atoms with Crippen molar-refractivity contribution in [2.24, 2.45) is 4.99 Å². The third-order valence-electron chi connectivity index (χ3n) is 1.46. The summed E-state index contributed by atoms with van der Waals surface area (Å²) in [6.07, 6.45) is 3.20. The molecule has 1 aliphatic heterocycles. The van der Waals surface area contributed by atoms with E-state index in [0.29, 0.717) is 12.1 Å². The van der Waals surface area contributed by atoms with Gasteiger partial charge in [-0.25, -0.2) is 0 Å². The lowest BCUT2D eigenvalue weighted by Crippen LogP contribution is -2.16. The molecule has 1 N–H and O–H groups in total. The van der Waals surface area contributed by atoms with Gasteiger partial charge >= 0.3 is 0 Å². The van der Waals surface area contributed by atoms with E-state index in [0.717, 1.165) is 5.70 Å². The van der Waals surface area contributed by atoms with Gasteiger partial charge in [0.1, 0.15) is 0 Å². The van der Waals surface area contributed by atoms with Gasteiger partial charge in [-0.1, -0.05) is 40.3 Å². The molecule has 0 saturated heterocycles. The summed E-state index contributed by atoms with van der Waals surface area (Å²) in [7, 11) is 0. The Labute approximate surface area is 93.0 Å². The zero-order chi connectivity index (χ0) is 12.3. The molecule has 0 aromatic carbocycles. The molecule has 15 heavy (non-hydrogen) atoms. The summed E-state index contributed by atoms with van der Waals surface area (Å²) in [4.78, 5) is 15.0. The zero-order valence-corrected chi connectivity index (χ0v) is 10.4. The molecule has 86 valence electrons. The fourth-order valence-corrected chi connectivity index (χ4v) is 0.967. The Morgan fingerprint density at radius 3 is 2.27 bits per heavy atom. The first-order valence-electron chi connectivity index (χ1n) is 5.42. The van der Waals surface area contributed by atoms with Crippen LogP contribution >= 0.6 is 0 Å². The topological polar surface area (TPSA) is 41.5 Å². The van der Waals surface area contributed by atoms with Gasteiger partial charge in [0, 0.05) is 6.21 Å². The van der Waals surface area contributed by atoms with E-state index in [9.17, 15) is 4.79 Å². The van der Waals surface area contributed by atoms with Crippen molar-refractivity contribution < 1.29 is 4.79 Å². The Hall–Kier alpha value is -1.38. The van der Waals surface area contributed by atoms with Gasteiger partial charge in [0.15, 0.2) is 0 Å². The van der Waals surface area contributed by atoms with Crippen LogP contribution in [0.15, 0.2) is 28.9 Å². The number of carbonyl (C=O) groups is 1. The number of nitrogens with one attached hydrogen (secondary N) is 1. The molecule has 0 aromatic rings. The summed E-state index contributed by atoms with van der Waals surface area (Å²) in [5.74, 6) is -0.0828. The van der Waals surface area contributed by atoms with E-state index >= 15 is 0 Å². The van der Waals surface area contributed by atoms with Crippen molar-refractivity contribution in [3.8, 4) is 0 Å². The van der Waals surface area contributed by atoms with Crippen molar-refractivity contribution >= 4 is 12.1 Å². The second-order valence-electron chi connectivity index (χ2n) is 2.13. The predicted octanol–water partition coefficient (Wildman–Crippen LogP) is 2.70. The van der Waals surface area contributed by atoms with Crippen LogP contribution in [0.2, 0.25) is 0 Å². The van der Waals surface area contributed by atoms with E-state index in [1.54, 1.807) is 6.21 Å². The van der Waals surface area contributed by atoms with Crippen LogP contribution in [0.5, 0.6) is 0 Å². The normalized spacial score (nSPS) is 13.8. The molecule has 1 amide bonds. The molecule has 1 rings (SSSR count). The van der Waals surface area contributed by atoms with Crippen molar-refractivity contribution in [1.29, 1.82) is 0 Å². The van der Waals surface area contributed by atoms with E-state index in [2.05, 4.69) is 16.9 Å². The van der Waals surface area contributed by atoms with Crippen LogP contribution in [0.3, 0.4) is 0 Å². The standard InChI is InChI=1S/C8H10N2O.2C2H6/c1-3-6-7(9-4-2)5-10-8(6)11;2*1-2/h3-4H,1,5H2,2H3,(H,10,11);2*1-2H3. The number of hydrogen-bond acceptors (Lipinski definition) is 2. The maximum atomic E-state index is 11.0. The molecule has 0 aliphatic carbocycles. The molecule has 0 saturated carbocycles. The Morgan fingerprint density at radius 1 is 1.33 bits per heavy atom. The lowest BCUT2D eigenvalue weighted by Gasteiger charge is -1.89. The number of nitrogens with zero attached hydrogens (tertiary/aromatic N) is 1. The quantitative estimate of drug-likeness (QED) is 0.699. The van der Waals surface area contributed by atoms with Crippen molar-refractivity contribution in [2.45, 2.75) is 34.6 Å². The van der Waals surface area contributed by atoms with Crippen molar-refractivity contribution in [3.05, 3.63) is 23.9 Å². The molecule has 0 spiro atoms. The highest BCUT2D eigenvalue weighted by Crippen LogP contribution is 2.12. The van der Waals surface area contributed by atoms with Crippen molar-refractivity contribution in [3.63, 3.8) is 0 Å². The average Bonchev–Trinajstić information content (AvgIpc) is 2.65. The fourth-order valence-electron chi connectivity index (χ4n) is 0.967. The summed E-state index contributed by atoms with van der Waals surface area (Å²) in [6.45, 7) is 13.9. The molecule has 1 heterocycles. The lowest BCUT2D eigenvalue weighted by molar-refractivity contribution is -0.116. The maximum absolute atomic E-state index is 11.0. The minimum absolute atomic E-state index is 0.0828. The third kappa shape index (κ3) is 5.15. The SMILES string of the molecule is C=CC1=C(N=CC)CNC1=O.CC.CC. The van der Waals surface area contributed by atoms with E-state index in [4.69, 9.17) is 0 Å². The first-order chi connectivity index (χ1) is 7.29. The van der Waals surface area contributed by atoms with Crippen LogP contribution in [0, 0.1) is 0 Å². The van der Waals surface area contributed by atoms with Crippen LogP contribution in [0.1, 0.15) is 34.6 Å². The highest BCUT2D eigenvalue weighted by Gasteiger charge is 2.18. The Balaban J connectivity index is 0. The summed E-state index contributed by atoms with van der Waals surface area (Å²) >= 11 is 0. The largest absolute Gasteiger partial charge is 0.346 e. The average molecular weight is 210 g/mol. The highest BCUT2D eigenvalue weighted by molar-refractivity contribution is 5.99. The molecule has 0 aromatic heterocycles. The van der Waals surface area contributed by atoms with Gasteiger partial charge < -0.3 is 5.32 Å². The van der Waals surface area contributed by atoms with Gasteiger partial charge in [0.2, 0.25) is 0 Å². The third-order valence-corrected chi connectivity index (χ3v) is 1.46. The van der Waals surface area contributed by atoms with Crippen molar-refractivity contribution in [1.82, 2.24) is 5.32 Å². The van der Waals surface area contributed by atoms with Crippen LogP contribution in [0.25, 0.3) is 0 Å². The second-order valence-corrected chi connectivity index (χ2v) is 2.13. The Morgan fingerprint density at radius 2 is 1.87 bits per heavy atom. The Bertz CT molecular complexity index is 252. The summed E-state index contributed by atoms with van der Waals surface area (Å²) in [5, 5.41) is 2.66. The zero-order valence-electron chi connectivity index (χ0n) is 10.4. The number of hydrogen-bond donors (Lipinski definition) is 1. The minimum atomic E-state index is -0.0828. The van der Waals surface area contributed by atoms with E-state index < -0.39 is 0 Å². The molecule has 0 fully saturated rings. The lowest BCUT2D eigenvalue weighted by atomic mass is 10.2. The molecule has 0 radical (unpaired) electrons. The molecule has 0 unspecified atom stereocenters. The molecular formula is C12H22N2O. The summed E-state index contributed by atoms with van der Waals surface area (Å²) < 4.78 is 0. The van der Waals surface area contributed by atoms with E-state index in [1.807, 2.05) is 34.6 Å². The minimum Gasteiger partial charge on any atom is -0.346 e. The van der Waals surface area contributed by atoms with Gasteiger partial charge in [0.05, 0.1) is 17.8 Å². The van der Waals surface area contributed by atoms with Gasteiger partial charge in [0.25, 0.3) is 5.91 Å². The second kappa shape index (κ2) is 10.7. The maximum Gasteiger partial charge on any atom is 0.253 e. The van der Waals surface area contributed by atoms with E-state index in [1.165, 1.54) is 6.08 Å². The van der Waals surface area contributed by atoms with E-state index in [-0.39, 0.29) is 5.91 Å². The first-order valence-corrected chi connectivity index (χ1v) is 5.42. The summed E-state index contributed by atoms with van der Waals surface area (Å²) in [6, 6.07) is 0. The number of rotatable bonds is 2. The monoisotopic (exact) mass is 210 g/mol. The van der Waals surface area contributed by atoms with Crippen LogP contribution < -0.4 is 5.32 Å². The van der Waals surface area contributed by atoms with Crippen molar-refractivity contribution in [2.75, 3.05) is 6.54 Å². The molecule has 3 nitrogen and oxygen atoms in total. The number of amides is 1. The molecular weight excluding hydrogens is 188 g/mol. The van der Waals surface area contributed by atoms with Gasteiger partial charge in [-0.15, -0.1) is 0 Å².